The summed E-state index contributed by atoms with van der Waals surface area (Å²) in [4.78, 5) is 42.3. The van der Waals surface area contributed by atoms with Crippen molar-refractivity contribution >= 4 is 39.5 Å². The number of carbonyl (C=O) groups excluding carboxylic acids is 3. The Kier molecular flexibility index (Phi) is 6.14. The first-order chi connectivity index (χ1) is 14.9. The number of imide groups is 1. The predicted molar refractivity (Wildman–Crippen MR) is 123 cm³/mol. The number of benzene rings is 2. The van der Waals surface area contributed by atoms with Gasteiger partial charge in [-0.05, 0) is 49.6 Å². The lowest BCUT2D eigenvalue weighted by molar-refractivity contribution is -0.134. The maximum Gasteiger partial charge on any atom is 0.325 e. The average Bonchev–Trinajstić information content (AvgIpc) is 2.99. The van der Waals surface area contributed by atoms with E-state index in [1.165, 1.54) is 6.42 Å². The smallest absolute Gasteiger partial charge is 0.319 e. The maximum atomic E-state index is 13.4. The van der Waals surface area contributed by atoms with Crippen LogP contribution in [0.15, 0.2) is 59.1 Å². The fraction of sp³-hybridized carbons (Fsp3) is 0.375. The van der Waals surface area contributed by atoms with E-state index in [1.54, 1.807) is 17.9 Å². The standard InChI is InChI=1S/C24H26BrN3O3/c1-24(17-9-8-10-18(25)15-17)22(30)27(23(31)26-24)16-21(29)28(19-11-4-2-5-12-19)20-13-6-3-7-14-20/h2,4-5,8-12,15,20H,3,6-7,13-14,16H2,1H3,(H,26,31). The Morgan fingerprint density at radius 1 is 1.10 bits per heavy atom. The number of nitrogens with zero attached hydrogens (tertiary/aromatic N) is 2. The van der Waals surface area contributed by atoms with Crippen LogP contribution >= 0.6 is 15.9 Å². The van der Waals surface area contributed by atoms with Gasteiger partial charge in [0.05, 0.1) is 0 Å². The Morgan fingerprint density at radius 3 is 2.48 bits per heavy atom. The summed E-state index contributed by atoms with van der Waals surface area (Å²) in [6, 6.07) is 16.3. The molecule has 1 atom stereocenters. The van der Waals surface area contributed by atoms with Gasteiger partial charge in [0.25, 0.3) is 5.91 Å². The lowest BCUT2D eigenvalue weighted by Gasteiger charge is -2.35. The molecule has 1 N–H and O–H groups in total. The van der Waals surface area contributed by atoms with Gasteiger partial charge in [-0.25, -0.2) is 4.79 Å². The highest BCUT2D eigenvalue weighted by atomic mass is 79.9. The van der Waals surface area contributed by atoms with Crippen LogP contribution in [0.4, 0.5) is 10.5 Å². The monoisotopic (exact) mass is 483 g/mol. The van der Waals surface area contributed by atoms with E-state index < -0.39 is 17.5 Å². The number of amides is 4. The first-order valence-corrected chi connectivity index (χ1v) is 11.5. The minimum Gasteiger partial charge on any atom is -0.319 e. The van der Waals surface area contributed by atoms with Crippen LogP contribution in [0.5, 0.6) is 0 Å². The molecule has 1 aliphatic heterocycles. The van der Waals surface area contributed by atoms with Gasteiger partial charge in [-0.15, -0.1) is 0 Å². The Balaban J connectivity index is 1.58. The summed E-state index contributed by atoms with van der Waals surface area (Å²) in [5.74, 6) is -0.652. The SMILES string of the molecule is CC1(c2cccc(Br)c2)NC(=O)N(CC(=O)N(c2ccccc2)C2CCCCC2)C1=O. The molecule has 31 heavy (non-hydrogen) atoms. The van der Waals surface area contributed by atoms with Crippen LogP contribution < -0.4 is 10.2 Å². The third-order valence-electron chi connectivity index (χ3n) is 6.21. The first kappa shape index (κ1) is 21.6. The molecule has 1 unspecified atom stereocenters. The van der Waals surface area contributed by atoms with Crippen LogP contribution in [0.3, 0.4) is 0 Å². The van der Waals surface area contributed by atoms with Gasteiger partial charge < -0.3 is 10.2 Å². The van der Waals surface area contributed by atoms with Gasteiger partial charge in [-0.1, -0.05) is 65.5 Å². The second-order valence-electron chi connectivity index (χ2n) is 8.35. The van der Waals surface area contributed by atoms with Crippen LogP contribution in [-0.4, -0.2) is 35.3 Å². The molecule has 1 saturated heterocycles. The molecule has 6 nitrogen and oxygen atoms in total. The van der Waals surface area contributed by atoms with Crippen molar-refractivity contribution in [1.29, 1.82) is 0 Å². The van der Waals surface area contributed by atoms with E-state index in [4.69, 9.17) is 0 Å². The highest BCUT2D eigenvalue weighted by Crippen LogP contribution is 2.32. The number of para-hydroxylation sites is 1. The summed E-state index contributed by atoms with van der Waals surface area (Å²) in [5, 5.41) is 2.78. The van der Waals surface area contributed by atoms with E-state index in [-0.39, 0.29) is 18.5 Å². The van der Waals surface area contributed by atoms with Crippen molar-refractivity contribution in [2.75, 3.05) is 11.4 Å². The van der Waals surface area contributed by atoms with E-state index >= 15 is 0 Å². The molecule has 0 radical (unpaired) electrons. The van der Waals surface area contributed by atoms with E-state index in [2.05, 4.69) is 21.2 Å². The second-order valence-corrected chi connectivity index (χ2v) is 9.26. The summed E-state index contributed by atoms with van der Waals surface area (Å²) in [7, 11) is 0. The third kappa shape index (κ3) is 4.24. The minimum atomic E-state index is -1.20. The van der Waals surface area contributed by atoms with Gasteiger partial charge in [0.1, 0.15) is 12.1 Å². The topological polar surface area (TPSA) is 69.7 Å². The molecule has 4 amide bonds. The number of rotatable bonds is 5. The Morgan fingerprint density at radius 2 is 1.81 bits per heavy atom. The highest BCUT2D eigenvalue weighted by Gasteiger charge is 2.50. The summed E-state index contributed by atoms with van der Waals surface area (Å²) >= 11 is 3.41. The highest BCUT2D eigenvalue weighted by molar-refractivity contribution is 9.10. The second kappa shape index (κ2) is 8.83. The Hall–Kier alpha value is -2.67. The number of hydrogen-bond acceptors (Lipinski definition) is 3. The summed E-state index contributed by atoms with van der Waals surface area (Å²) in [6.45, 7) is 1.40. The predicted octanol–water partition coefficient (Wildman–Crippen LogP) is 4.58. The van der Waals surface area contributed by atoms with Crippen molar-refractivity contribution in [3.63, 3.8) is 0 Å². The summed E-state index contributed by atoms with van der Waals surface area (Å²) in [5.41, 5.74) is 0.271. The van der Waals surface area contributed by atoms with Crippen molar-refractivity contribution in [3.05, 3.63) is 64.6 Å². The van der Waals surface area contributed by atoms with Crippen LogP contribution in [0.25, 0.3) is 0 Å². The largest absolute Gasteiger partial charge is 0.325 e. The fourth-order valence-corrected chi connectivity index (χ4v) is 4.93. The van der Waals surface area contributed by atoms with Gasteiger partial charge in [0.2, 0.25) is 5.91 Å². The molecular weight excluding hydrogens is 458 g/mol. The lowest BCUT2D eigenvalue weighted by Crippen LogP contribution is -2.48. The van der Waals surface area contributed by atoms with Crippen LogP contribution in [-0.2, 0) is 15.1 Å². The van der Waals surface area contributed by atoms with Gasteiger partial charge >= 0.3 is 6.03 Å². The first-order valence-electron chi connectivity index (χ1n) is 10.7. The molecule has 1 aliphatic carbocycles. The van der Waals surface area contributed by atoms with Crippen molar-refractivity contribution in [2.24, 2.45) is 0 Å². The number of urea groups is 1. The molecule has 2 aromatic rings. The number of carbonyl (C=O) groups is 3. The molecule has 4 rings (SSSR count). The third-order valence-corrected chi connectivity index (χ3v) is 6.71. The molecule has 1 heterocycles. The number of hydrogen-bond donors (Lipinski definition) is 1. The molecule has 162 valence electrons. The summed E-state index contributed by atoms with van der Waals surface area (Å²) < 4.78 is 0.815. The van der Waals surface area contributed by atoms with Crippen LogP contribution in [0.1, 0.15) is 44.6 Å². The van der Waals surface area contributed by atoms with Crippen molar-refractivity contribution in [3.8, 4) is 0 Å². The van der Waals surface area contributed by atoms with Gasteiger partial charge in [0.15, 0.2) is 0 Å². The van der Waals surface area contributed by atoms with Crippen molar-refractivity contribution < 1.29 is 14.4 Å². The van der Waals surface area contributed by atoms with E-state index in [1.807, 2.05) is 48.5 Å². The number of anilines is 1. The lowest BCUT2D eigenvalue weighted by atomic mass is 9.92. The normalized spacial score (nSPS) is 21.8. The van der Waals surface area contributed by atoms with Gasteiger partial charge in [0, 0.05) is 16.2 Å². The Labute approximate surface area is 190 Å². The molecule has 0 bridgehead atoms. The van der Waals surface area contributed by atoms with Crippen molar-refractivity contribution in [1.82, 2.24) is 10.2 Å². The molecular formula is C24H26BrN3O3. The maximum absolute atomic E-state index is 13.4. The quantitative estimate of drug-likeness (QED) is 0.632. The van der Waals surface area contributed by atoms with E-state index in [9.17, 15) is 14.4 Å². The van der Waals surface area contributed by atoms with Crippen molar-refractivity contribution in [2.45, 2.75) is 50.6 Å². The molecule has 0 aromatic heterocycles. The fourth-order valence-electron chi connectivity index (χ4n) is 4.53. The minimum absolute atomic E-state index is 0.0841. The molecule has 0 spiro atoms. The van der Waals surface area contributed by atoms with E-state index in [0.717, 1.165) is 40.7 Å². The molecule has 1 saturated carbocycles. The van der Waals surface area contributed by atoms with Gasteiger partial charge in [-0.3, -0.25) is 14.5 Å². The average molecular weight is 484 g/mol. The zero-order valence-corrected chi connectivity index (χ0v) is 19.1. The molecule has 2 aromatic carbocycles. The zero-order chi connectivity index (χ0) is 22.0. The van der Waals surface area contributed by atoms with Crippen LogP contribution in [0, 0.1) is 0 Å². The molecule has 2 fully saturated rings. The zero-order valence-electron chi connectivity index (χ0n) is 17.5. The Bertz CT molecular complexity index is 991. The number of halogens is 1. The number of nitrogens with one attached hydrogen (secondary N) is 1. The van der Waals surface area contributed by atoms with Gasteiger partial charge in [-0.2, -0.15) is 0 Å². The molecule has 7 heteroatoms. The van der Waals surface area contributed by atoms with E-state index in [0.29, 0.717) is 5.56 Å². The molecule has 2 aliphatic rings. The van der Waals surface area contributed by atoms with Crippen LogP contribution in [0.2, 0.25) is 0 Å². The summed E-state index contributed by atoms with van der Waals surface area (Å²) in [6.07, 6.45) is 5.18.